The van der Waals surface area contributed by atoms with Crippen LogP contribution in [-0.4, -0.2) is 25.7 Å². The Morgan fingerprint density at radius 2 is 2.20 bits per heavy atom. The van der Waals surface area contributed by atoms with Gasteiger partial charge in [-0.15, -0.1) is 0 Å². The molecule has 0 aromatic carbocycles. The van der Waals surface area contributed by atoms with E-state index in [2.05, 4.69) is 15.6 Å². The molecule has 0 radical (unpaired) electrons. The number of rotatable bonds is 4. The minimum absolute atomic E-state index is 0.612. The van der Waals surface area contributed by atoms with Crippen LogP contribution in [0.15, 0.2) is 40.5 Å². The second-order valence-corrected chi connectivity index (χ2v) is 5.69. The summed E-state index contributed by atoms with van der Waals surface area (Å²) >= 11 is 1.64. The molecule has 3 aromatic heterocycles. The zero-order chi connectivity index (χ0) is 14.1. The number of fused-ring (bicyclic) bond motifs is 1. The molecule has 3 heterocycles. The number of nitrogens with zero attached hydrogens (tertiary/aromatic N) is 4. The summed E-state index contributed by atoms with van der Waals surface area (Å²) in [6, 6.07) is 8.09. The monoisotopic (exact) mass is 287 g/mol. The predicted octanol–water partition coefficient (Wildman–Crippen LogP) is 2.03. The van der Waals surface area contributed by atoms with Gasteiger partial charge in [0.25, 0.3) is 0 Å². The van der Waals surface area contributed by atoms with Crippen molar-refractivity contribution in [3.8, 4) is 0 Å². The van der Waals surface area contributed by atoms with Gasteiger partial charge in [0.1, 0.15) is 15.7 Å². The highest BCUT2D eigenvalue weighted by atomic mass is 32.2. The van der Waals surface area contributed by atoms with Crippen molar-refractivity contribution in [2.45, 2.75) is 23.4 Å². The molecule has 0 bridgehead atoms. The summed E-state index contributed by atoms with van der Waals surface area (Å²) in [5.41, 5.74) is 8.87. The molecule has 3 aromatic rings. The van der Waals surface area contributed by atoms with Crippen molar-refractivity contribution in [1.29, 1.82) is 0 Å². The summed E-state index contributed by atoms with van der Waals surface area (Å²) in [6.07, 6.45) is 2.84. The maximum Gasteiger partial charge on any atom is 0.138 e. The highest BCUT2D eigenvalue weighted by Gasteiger charge is 2.14. The van der Waals surface area contributed by atoms with Crippen LogP contribution in [0.3, 0.4) is 0 Å². The van der Waals surface area contributed by atoms with Crippen LogP contribution >= 0.6 is 11.8 Å². The van der Waals surface area contributed by atoms with Crippen molar-refractivity contribution in [2.75, 3.05) is 6.54 Å². The first-order chi connectivity index (χ1) is 9.69. The van der Waals surface area contributed by atoms with Gasteiger partial charge in [-0.05, 0) is 43.4 Å². The smallest absolute Gasteiger partial charge is 0.138 e. The van der Waals surface area contributed by atoms with E-state index >= 15 is 0 Å². The van der Waals surface area contributed by atoms with E-state index in [1.54, 1.807) is 11.8 Å². The van der Waals surface area contributed by atoms with Gasteiger partial charge < -0.3 is 10.1 Å². The van der Waals surface area contributed by atoms with E-state index in [0.717, 1.165) is 33.5 Å². The maximum absolute atomic E-state index is 5.74. The Balaban J connectivity index is 2.06. The third-order valence-electron chi connectivity index (χ3n) is 3.13. The van der Waals surface area contributed by atoms with Gasteiger partial charge in [-0.2, -0.15) is 5.10 Å². The van der Waals surface area contributed by atoms with E-state index in [0.29, 0.717) is 6.54 Å². The molecule has 0 unspecified atom stereocenters. The first kappa shape index (κ1) is 13.2. The summed E-state index contributed by atoms with van der Waals surface area (Å²) in [6.45, 7) is 2.61. The quantitative estimate of drug-likeness (QED) is 0.797. The number of hydrogen-bond acceptors (Lipinski definition) is 4. The Labute approximate surface area is 121 Å². The van der Waals surface area contributed by atoms with E-state index in [9.17, 15) is 0 Å². The molecule has 0 saturated heterocycles. The van der Waals surface area contributed by atoms with E-state index in [1.807, 2.05) is 43.0 Å². The van der Waals surface area contributed by atoms with Crippen LogP contribution in [0.25, 0.3) is 5.65 Å². The lowest BCUT2D eigenvalue weighted by molar-refractivity contribution is 0.692. The fourth-order valence-electron chi connectivity index (χ4n) is 2.25. The van der Waals surface area contributed by atoms with Gasteiger partial charge in [0.15, 0.2) is 0 Å². The predicted molar refractivity (Wildman–Crippen MR) is 80.0 cm³/mol. The molecule has 0 atom stereocenters. The Bertz CT molecular complexity index is 743. The minimum atomic E-state index is 0.612. The number of imidazole rings is 1. The average molecular weight is 287 g/mol. The van der Waals surface area contributed by atoms with Gasteiger partial charge >= 0.3 is 0 Å². The minimum Gasteiger partial charge on any atom is -0.330 e. The van der Waals surface area contributed by atoms with Crippen LogP contribution in [0.2, 0.25) is 0 Å². The number of hydrogen-bond donors (Lipinski definition) is 1. The molecule has 0 aliphatic carbocycles. The maximum atomic E-state index is 5.74. The lowest BCUT2D eigenvalue weighted by Crippen LogP contribution is -2.06. The molecular formula is C14H17N5S. The molecule has 0 aliphatic rings. The standard InChI is InChI=1S/C14H17N5S/c1-10-9-13(18(2)17-10)20-14-11(6-7-15)19-8-4-3-5-12(19)16-14/h3-5,8-9H,6-7,15H2,1-2H3. The van der Waals surface area contributed by atoms with Crippen LogP contribution in [0, 0.1) is 6.92 Å². The van der Waals surface area contributed by atoms with Gasteiger partial charge in [-0.3, -0.25) is 4.68 Å². The molecule has 5 nitrogen and oxygen atoms in total. The van der Waals surface area contributed by atoms with Gasteiger partial charge in [0.2, 0.25) is 0 Å². The van der Waals surface area contributed by atoms with Crippen LogP contribution in [-0.2, 0) is 13.5 Å². The molecule has 2 N–H and O–H groups in total. The molecule has 6 heteroatoms. The summed E-state index contributed by atoms with van der Waals surface area (Å²) in [7, 11) is 1.95. The number of aryl methyl sites for hydroxylation is 2. The number of aromatic nitrogens is 4. The summed E-state index contributed by atoms with van der Waals surface area (Å²) < 4.78 is 3.99. The summed E-state index contributed by atoms with van der Waals surface area (Å²) in [4.78, 5) is 4.71. The summed E-state index contributed by atoms with van der Waals surface area (Å²) in [5, 5.41) is 6.46. The van der Waals surface area contributed by atoms with Crippen molar-refractivity contribution in [3.63, 3.8) is 0 Å². The topological polar surface area (TPSA) is 61.1 Å². The zero-order valence-corrected chi connectivity index (χ0v) is 12.4. The fraction of sp³-hybridized carbons (Fsp3) is 0.286. The zero-order valence-electron chi connectivity index (χ0n) is 11.6. The molecule has 104 valence electrons. The second-order valence-electron chi connectivity index (χ2n) is 4.68. The van der Waals surface area contributed by atoms with E-state index in [4.69, 9.17) is 10.7 Å². The molecule has 0 fully saturated rings. The first-order valence-corrected chi connectivity index (χ1v) is 7.35. The third-order valence-corrected chi connectivity index (χ3v) is 4.25. The van der Waals surface area contributed by atoms with E-state index < -0.39 is 0 Å². The van der Waals surface area contributed by atoms with Crippen molar-refractivity contribution in [3.05, 3.63) is 41.9 Å². The number of nitrogens with two attached hydrogens (primary N) is 1. The van der Waals surface area contributed by atoms with Crippen LogP contribution in [0.1, 0.15) is 11.4 Å². The Hall–Kier alpha value is -1.79. The van der Waals surface area contributed by atoms with Gasteiger partial charge in [-0.1, -0.05) is 6.07 Å². The van der Waals surface area contributed by atoms with Crippen LogP contribution in [0.4, 0.5) is 0 Å². The van der Waals surface area contributed by atoms with Crippen LogP contribution < -0.4 is 5.73 Å². The molecule has 0 saturated carbocycles. The van der Waals surface area contributed by atoms with E-state index in [1.165, 1.54) is 0 Å². The van der Waals surface area contributed by atoms with Crippen molar-refractivity contribution >= 4 is 17.4 Å². The average Bonchev–Trinajstić information content (AvgIpc) is 2.92. The third kappa shape index (κ3) is 2.32. The Morgan fingerprint density at radius 3 is 2.90 bits per heavy atom. The largest absolute Gasteiger partial charge is 0.330 e. The Morgan fingerprint density at radius 1 is 1.35 bits per heavy atom. The number of pyridine rings is 1. The van der Waals surface area contributed by atoms with Gasteiger partial charge in [0.05, 0.1) is 11.4 Å². The lowest BCUT2D eigenvalue weighted by Gasteiger charge is -2.03. The molecule has 0 amide bonds. The van der Waals surface area contributed by atoms with Crippen molar-refractivity contribution in [2.24, 2.45) is 12.8 Å². The van der Waals surface area contributed by atoms with E-state index in [-0.39, 0.29) is 0 Å². The van der Waals surface area contributed by atoms with Crippen molar-refractivity contribution in [1.82, 2.24) is 19.2 Å². The van der Waals surface area contributed by atoms with Crippen molar-refractivity contribution < 1.29 is 0 Å². The fourth-order valence-corrected chi connectivity index (χ4v) is 3.31. The molecular weight excluding hydrogens is 270 g/mol. The van der Waals surface area contributed by atoms with Gasteiger partial charge in [0, 0.05) is 19.7 Å². The SMILES string of the molecule is Cc1cc(Sc2nc3ccccn3c2CCN)n(C)n1. The Kier molecular flexibility index (Phi) is 3.50. The molecule has 3 rings (SSSR count). The van der Waals surface area contributed by atoms with Crippen LogP contribution in [0.5, 0.6) is 0 Å². The highest BCUT2D eigenvalue weighted by Crippen LogP contribution is 2.30. The normalized spacial score (nSPS) is 11.3. The lowest BCUT2D eigenvalue weighted by atomic mass is 10.3. The molecule has 0 spiro atoms. The first-order valence-electron chi connectivity index (χ1n) is 6.53. The molecule has 0 aliphatic heterocycles. The highest BCUT2D eigenvalue weighted by molar-refractivity contribution is 7.99. The second kappa shape index (κ2) is 5.30. The van der Waals surface area contributed by atoms with Gasteiger partial charge in [-0.25, -0.2) is 4.98 Å². The summed E-state index contributed by atoms with van der Waals surface area (Å²) in [5.74, 6) is 0. The molecule has 20 heavy (non-hydrogen) atoms.